The van der Waals surface area contributed by atoms with Crippen molar-refractivity contribution in [3.05, 3.63) is 40.1 Å². The van der Waals surface area contributed by atoms with E-state index in [1.165, 1.54) is 48.6 Å². The van der Waals surface area contributed by atoms with Crippen LogP contribution in [0.4, 0.5) is 0 Å². The molecule has 116 valence electrons. The molecule has 1 unspecified atom stereocenters. The number of allylic oxidation sites excluding steroid dienone is 2. The minimum atomic E-state index is 0.208. The molecule has 2 aliphatic rings. The molecule has 0 aromatic carbocycles. The smallest absolute Gasteiger partial charge is 0.0994 e. The van der Waals surface area contributed by atoms with E-state index in [9.17, 15) is 5.11 Å². The second-order valence-electron chi connectivity index (χ2n) is 6.55. The van der Waals surface area contributed by atoms with Gasteiger partial charge in [0.05, 0.1) is 24.6 Å². The van der Waals surface area contributed by atoms with Gasteiger partial charge in [-0.3, -0.25) is 0 Å². The molecule has 4 rings (SSSR count). The Balaban J connectivity index is 1.87. The number of halogens is 1. The molecule has 0 spiro atoms. The van der Waals surface area contributed by atoms with E-state index in [-0.39, 0.29) is 12.5 Å². The van der Waals surface area contributed by atoms with Gasteiger partial charge in [0, 0.05) is 21.9 Å². The van der Waals surface area contributed by atoms with Gasteiger partial charge in [0.15, 0.2) is 0 Å². The lowest BCUT2D eigenvalue weighted by atomic mass is 9.77. The zero-order chi connectivity index (χ0) is 15.1. The normalized spacial score (nSPS) is 20.5. The van der Waals surface area contributed by atoms with Crippen LogP contribution in [0.2, 0.25) is 0 Å². The van der Waals surface area contributed by atoms with Crippen LogP contribution in [0.3, 0.4) is 0 Å². The third-order valence-corrected chi connectivity index (χ3v) is 5.62. The van der Waals surface area contributed by atoms with Crippen molar-refractivity contribution in [3.63, 3.8) is 0 Å². The Bertz CT molecular complexity index is 771. The molecule has 0 saturated heterocycles. The number of hydrogen-bond acceptors (Lipinski definition) is 2. The molecule has 2 heterocycles. The van der Waals surface area contributed by atoms with Gasteiger partial charge in [0.25, 0.3) is 0 Å². The molecule has 1 saturated carbocycles. The summed E-state index contributed by atoms with van der Waals surface area (Å²) in [4.78, 5) is 4.32. The van der Waals surface area contributed by atoms with Crippen LogP contribution in [0.1, 0.15) is 49.3 Å². The highest BCUT2D eigenvalue weighted by Gasteiger charge is 2.30. The van der Waals surface area contributed by atoms with Gasteiger partial charge in [-0.1, -0.05) is 36.9 Å². The van der Waals surface area contributed by atoms with E-state index in [1.54, 1.807) is 0 Å². The molecule has 4 heteroatoms. The lowest BCUT2D eigenvalue weighted by Crippen LogP contribution is -2.23. The molecule has 22 heavy (non-hydrogen) atoms. The van der Waals surface area contributed by atoms with Gasteiger partial charge < -0.3 is 9.51 Å². The predicted octanol–water partition coefficient (Wildman–Crippen LogP) is 3.17. The Kier molecular flexibility index (Phi) is 3.71. The molecule has 0 radical (unpaired) electrons. The molecule has 0 amide bonds. The third-order valence-electron chi connectivity index (χ3n) is 5.36. The van der Waals surface area contributed by atoms with E-state index in [2.05, 4.69) is 15.5 Å². The average Bonchev–Trinajstić information content (AvgIpc) is 3.12. The van der Waals surface area contributed by atoms with Crippen molar-refractivity contribution in [3.8, 4) is 0 Å². The van der Waals surface area contributed by atoms with Crippen LogP contribution in [0.5, 0.6) is 0 Å². The maximum atomic E-state index is 10.1. The first kappa shape index (κ1) is 14.3. The minimum Gasteiger partial charge on any atom is -0.396 e. The Morgan fingerprint density at radius 3 is 2.91 bits per heavy atom. The highest BCUT2D eigenvalue weighted by Crippen LogP contribution is 2.37. The summed E-state index contributed by atoms with van der Waals surface area (Å²) < 4.78 is 2.18. The van der Waals surface area contributed by atoms with Crippen LogP contribution >= 0.6 is 11.6 Å². The van der Waals surface area contributed by atoms with Gasteiger partial charge in [0.2, 0.25) is 0 Å². The molecule has 3 nitrogen and oxygen atoms in total. The van der Waals surface area contributed by atoms with Gasteiger partial charge in [-0.25, -0.2) is 4.98 Å². The Hall–Kier alpha value is -1.32. The highest BCUT2D eigenvalue weighted by molar-refractivity contribution is 6.34. The summed E-state index contributed by atoms with van der Waals surface area (Å²) in [7, 11) is 0. The largest absolute Gasteiger partial charge is 0.396 e. The Morgan fingerprint density at radius 1 is 1.32 bits per heavy atom. The van der Waals surface area contributed by atoms with E-state index in [4.69, 9.17) is 11.6 Å². The molecule has 1 fully saturated rings. The fourth-order valence-corrected chi connectivity index (χ4v) is 4.48. The maximum Gasteiger partial charge on any atom is 0.0994 e. The summed E-state index contributed by atoms with van der Waals surface area (Å²) in [6.07, 6.45) is 15.1. The van der Waals surface area contributed by atoms with Crippen molar-refractivity contribution in [1.82, 2.24) is 9.38 Å². The summed E-state index contributed by atoms with van der Waals surface area (Å²) in [5, 5.41) is 12.1. The summed E-state index contributed by atoms with van der Waals surface area (Å²) in [6.45, 7) is 0.214. The fourth-order valence-electron chi connectivity index (χ4n) is 4.29. The summed E-state index contributed by atoms with van der Waals surface area (Å²) in [5.41, 5.74) is 3.70. The number of aromatic nitrogens is 2. The molecule has 2 aromatic rings. The van der Waals surface area contributed by atoms with E-state index in [0.29, 0.717) is 5.92 Å². The van der Waals surface area contributed by atoms with Gasteiger partial charge in [-0.05, 0) is 36.8 Å². The second kappa shape index (κ2) is 5.71. The first-order valence-corrected chi connectivity index (χ1v) is 8.62. The van der Waals surface area contributed by atoms with Crippen molar-refractivity contribution in [2.75, 3.05) is 6.61 Å². The molecule has 1 atom stereocenters. The van der Waals surface area contributed by atoms with Crippen molar-refractivity contribution in [2.45, 2.75) is 44.4 Å². The second-order valence-corrected chi connectivity index (χ2v) is 6.99. The average molecular weight is 317 g/mol. The molecule has 0 bridgehead atoms. The van der Waals surface area contributed by atoms with Gasteiger partial charge in [-0.15, -0.1) is 0 Å². The fraction of sp³-hybridized carbons (Fsp3) is 0.500. The minimum absolute atomic E-state index is 0.208. The van der Waals surface area contributed by atoms with Crippen molar-refractivity contribution in [2.24, 2.45) is 5.92 Å². The van der Waals surface area contributed by atoms with Gasteiger partial charge in [-0.2, -0.15) is 0 Å². The van der Waals surface area contributed by atoms with Crippen LogP contribution in [0, 0.1) is 5.92 Å². The van der Waals surface area contributed by atoms with Crippen LogP contribution in [0.25, 0.3) is 11.6 Å². The number of aliphatic hydroxyl groups is 1. The quantitative estimate of drug-likeness (QED) is 0.944. The van der Waals surface area contributed by atoms with Crippen molar-refractivity contribution >= 4 is 23.2 Å². The summed E-state index contributed by atoms with van der Waals surface area (Å²) in [6, 6.07) is 0. The molecule has 1 N–H and O–H groups in total. The van der Waals surface area contributed by atoms with Gasteiger partial charge >= 0.3 is 0 Å². The van der Waals surface area contributed by atoms with E-state index >= 15 is 0 Å². The monoisotopic (exact) mass is 316 g/mol. The predicted molar refractivity (Wildman–Crippen MR) is 88.9 cm³/mol. The standard InChI is InChI=1S/C18H21ClN2O/c19-13-6-7-14-15(8-13)17-9-20-11-21(17)18(14)16(10-22)12-4-2-1-3-5-12/h6,8-9,11-12,16,22H,1-5,7,10H2. The number of fused-ring (bicyclic) bond motifs is 3. The lowest BCUT2D eigenvalue weighted by Gasteiger charge is -2.30. The Morgan fingerprint density at radius 2 is 2.14 bits per heavy atom. The van der Waals surface area contributed by atoms with E-state index in [1.807, 2.05) is 18.6 Å². The van der Waals surface area contributed by atoms with Crippen LogP contribution in [-0.4, -0.2) is 21.1 Å². The number of nitrogens with zero attached hydrogens (tertiary/aromatic N) is 2. The zero-order valence-corrected chi connectivity index (χ0v) is 13.4. The molecule has 2 aliphatic carbocycles. The third kappa shape index (κ3) is 2.19. The van der Waals surface area contributed by atoms with Crippen molar-refractivity contribution < 1.29 is 5.11 Å². The highest BCUT2D eigenvalue weighted by atomic mass is 35.5. The molecule has 0 aliphatic heterocycles. The van der Waals surface area contributed by atoms with Crippen LogP contribution in [-0.2, 0) is 6.42 Å². The zero-order valence-electron chi connectivity index (χ0n) is 12.6. The van der Waals surface area contributed by atoms with Gasteiger partial charge in [0.1, 0.15) is 0 Å². The SMILES string of the molecule is OCC(c1c2c(c3cncn13)=CC(Cl)=CC2)C1CCCCC1. The van der Waals surface area contributed by atoms with Crippen molar-refractivity contribution in [1.29, 1.82) is 0 Å². The first-order valence-electron chi connectivity index (χ1n) is 8.24. The topological polar surface area (TPSA) is 37.5 Å². The Labute approximate surface area is 135 Å². The molecular formula is C18H21ClN2O. The number of hydrogen-bond donors (Lipinski definition) is 1. The molecular weight excluding hydrogens is 296 g/mol. The number of imidazole rings is 1. The summed E-state index contributed by atoms with van der Waals surface area (Å²) >= 11 is 6.21. The van der Waals surface area contributed by atoms with Crippen LogP contribution in [0.15, 0.2) is 23.6 Å². The molecule has 2 aromatic heterocycles. The van der Waals surface area contributed by atoms with Crippen LogP contribution < -0.4 is 5.22 Å². The number of rotatable bonds is 3. The number of aliphatic hydroxyl groups excluding tert-OH is 1. The lowest BCUT2D eigenvalue weighted by molar-refractivity contribution is 0.193. The first-order chi connectivity index (χ1) is 10.8. The van der Waals surface area contributed by atoms with E-state index < -0.39 is 0 Å². The summed E-state index contributed by atoms with van der Waals surface area (Å²) in [5.74, 6) is 0.789. The van der Waals surface area contributed by atoms with E-state index in [0.717, 1.165) is 17.0 Å². The maximum absolute atomic E-state index is 10.1.